The number of rotatable bonds is 7. The molecule has 144 valence electrons. The normalized spacial score (nSPS) is 11.6. The molecule has 0 aliphatic heterocycles. The number of carbonyl (C=O) groups is 2. The van der Waals surface area contributed by atoms with Crippen LogP contribution in [0.15, 0.2) is 72.9 Å². The summed E-state index contributed by atoms with van der Waals surface area (Å²) in [7, 11) is 0. The molecule has 5 nitrogen and oxygen atoms in total. The molecule has 0 radical (unpaired) electrons. The highest BCUT2D eigenvalue weighted by molar-refractivity contribution is 6.30. The van der Waals surface area contributed by atoms with E-state index in [1.165, 1.54) is 12.3 Å². The summed E-state index contributed by atoms with van der Waals surface area (Å²) in [6.07, 6.45) is 0.559. The topological polar surface area (TPSA) is 62.4 Å². The molecular formula is C22H21ClN2O3. The Morgan fingerprint density at radius 1 is 1.00 bits per heavy atom. The molecule has 0 unspecified atom stereocenters. The average molecular weight is 397 g/mol. The molecule has 6 heteroatoms. The van der Waals surface area contributed by atoms with Gasteiger partial charge in [-0.2, -0.15) is 0 Å². The molecule has 0 saturated carbocycles. The van der Waals surface area contributed by atoms with Gasteiger partial charge in [0.2, 0.25) is 0 Å². The molecule has 1 amide bonds. The first-order valence-electron chi connectivity index (χ1n) is 8.94. The van der Waals surface area contributed by atoms with Crippen LogP contribution in [0.4, 0.5) is 0 Å². The minimum Gasteiger partial charge on any atom is -0.448 e. The van der Waals surface area contributed by atoms with Crippen LogP contribution in [0.1, 0.15) is 28.5 Å². The fraction of sp³-hybridized carbons (Fsp3) is 0.182. The number of hydrogen-bond acceptors (Lipinski definition) is 3. The Balaban J connectivity index is 1.73. The van der Waals surface area contributed by atoms with Crippen LogP contribution in [0, 0.1) is 0 Å². The maximum absolute atomic E-state index is 13.0. The number of esters is 1. The largest absolute Gasteiger partial charge is 0.448 e. The van der Waals surface area contributed by atoms with Crippen LogP contribution in [-0.4, -0.2) is 27.9 Å². The zero-order valence-corrected chi connectivity index (χ0v) is 16.2. The van der Waals surface area contributed by atoms with E-state index in [-0.39, 0.29) is 11.6 Å². The standard InChI is InChI=1S/C22H21ClN2O3/c1-16(28-22(27)20-12-19(23)13-24-20)21(26)25(14-17-8-4-2-5-9-17)15-18-10-6-3-7-11-18/h2-13,16,24H,14-15H2,1H3/t16-/m0/s1. The number of H-pyrrole nitrogens is 1. The van der Waals surface area contributed by atoms with Crippen molar-refractivity contribution in [2.24, 2.45) is 0 Å². The van der Waals surface area contributed by atoms with Gasteiger partial charge in [-0.3, -0.25) is 4.79 Å². The minimum absolute atomic E-state index is 0.210. The molecule has 2 aromatic carbocycles. The smallest absolute Gasteiger partial charge is 0.355 e. The van der Waals surface area contributed by atoms with E-state index in [0.29, 0.717) is 18.1 Å². The van der Waals surface area contributed by atoms with Gasteiger partial charge in [-0.25, -0.2) is 4.79 Å². The predicted octanol–water partition coefficient (Wildman–Crippen LogP) is 4.44. The van der Waals surface area contributed by atoms with E-state index in [2.05, 4.69) is 4.98 Å². The molecule has 3 aromatic rings. The van der Waals surface area contributed by atoms with Crippen LogP contribution in [0.2, 0.25) is 5.02 Å². The lowest BCUT2D eigenvalue weighted by Crippen LogP contribution is -2.39. The summed E-state index contributed by atoms with van der Waals surface area (Å²) in [5.74, 6) is -0.883. The van der Waals surface area contributed by atoms with E-state index in [1.807, 2.05) is 60.7 Å². The summed E-state index contributed by atoms with van der Waals surface area (Å²) in [5, 5.41) is 0.403. The van der Waals surface area contributed by atoms with Gasteiger partial charge in [0.05, 0.1) is 5.02 Å². The molecule has 3 rings (SSSR count). The number of aromatic nitrogens is 1. The number of aromatic amines is 1. The Morgan fingerprint density at radius 2 is 1.54 bits per heavy atom. The van der Waals surface area contributed by atoms with Crippen molar-refractivity contribution in [1.29, 1.82) is 0 Å². The van der Waals surface area contributed by atoms with Crippen LogP contribution in [0.5, 0.6) is 0 Å². The number of ether oxygens (including phenoxy) is 1. The predicted molar refractivity (Wildman–Crippen MR) is 108 cm³/mol. The van der Waals surface area contributed by atoms with Crippen molar-refractivity contribution in [2.75, 3.05) is 0 Å². The number of carbonyl (C=O) groups excluding carboxylic acids is 2. The van der Waals surface area contributed by atoms with E-state index in [1.54, 1.807) is 11.8 Å². The van der Waals surface area contributed by atoms with Crippen LogP contribution in [-0.2, 0) is 22.6 Å². The van der Waals surface area contributed by atoms with E-state index < -0.39 is 12.1 Å². The summed E-state index contributed by atoms with van der Waals surface area (Å²) < 4.78 is 5.35. The summed E-state index contributed by atoms with van der Waals surface area (Å²) in [4.78, 5) is 29.7. The first-order chi connectivity index (χ1) is 13.5. The van der Waals surface area contributed by atoms with E-state index in [9.17, 15) is 9.59 Å². The molecule has 1 heterocycles. The van der Waals surface area contributed by atoms with Crippen LogP contribution in [0.25, 0.3) is 0 Å². The second-order valence-corrected chi connectivity index (χ2v) is 6.88. The second kappa shape index (κ2) is 9.24. The fourth-order valence-electron chi connectivity index (χ4n) is 2.84. The highest BCUT2D eigenvalue weighted by atomic mass is 35.5. The average Bonchev–Trinajstić information content (AvgIpc) is 3.15. The number of nitrogens with zero attached hydrogens (tertiary/aromatic N) is 1. The Kier molecular flexibility index (Phi) is 6.50. The third kappa shape index (κ3) is 5.24. The van der Waals surface area contributed by atoms with Gasteiger partial charge >= 0.3 is 5.97 Å². The molecule has 1 atom stereocenters. The van der Waals surface area contributed by atoms with Crippen molar-refractivity contribution < 1.29 is 14.3 Å². The van der Waals surface area contributed by atoms with Gasteiger partial charge in [0.15, 0.2) is 6.10 Å². The summed E-state index contributed by atoms with van der Waals surface area (Å²) >= 11 is 5.82. The van der Waals surface area contributed by atoms with Crippen molar-refractivity contribution in [2.45, 2.75) is 26.1 Å². The minimum atomic E-state index is -0.929. The molecule has 0 spiro atoms. The SMILES string of the molecule is C[C@H](OC(=O)c1cc(Cl)c[nH]1)C(=O)N(Cc1ccccc1)Cc1ccccc1. The lowest BCUT2D eigenvalue weighted by Gasteiger charge is -2.26. The van der Waals surface area contributed by atoms with Crippen LogP contribution >= 0.6 is 11.6 Å². The van der Waals surface area contributed by atoms with Crippen molar-refractivity contribution in [1.82, 2.24) is 9.88 Å². The Bertz CT molecular complexity index is 884. The lowest BCUT2D eigenvalue weighted by molar-refractivity contribution is -0.141. The summed E-state index contributed by atoms with van der Waals surface area (Å²) in [6, 6.07) is 20.9. The van der Waals surface area contributed by atoms with Gasteiger partial charge in [0, 0.05) is 19.3 Å². The molecule has 1 N–H and O–H groups in total. The summed E-state index contributed by atoms with van der Waals surface area (Å²) in [6.45, 7) is 2.42. The van der Waals surface area contributed by atoms with Crippen LogP contribution < -0.4 is 0 Å². The van der Waals surface area contributed by atoms with E-state index >= 15 is 0 Å². The quantitative estimate of drug-likeness (QED) is 0.600. The Hall–Kier alpha value is -3.05. The van der Waals surface area contributed by atoms with Crippen molar-refractivity contribution >= 4 is 23.5 Å². The van der Waals surface area contributed by atoms with E-state index in [0.717, 1.165) is 11.1 Å². The van der Waals surface area contributed by atoms with Gasteiger partial charge < -0.3 is 14.6 Å². The zero-order chi connectivity index (χ0) is 19.9. The number of halogens is 1. The Labute approximate surface area is 168 Å². The molecular weight excluding hydrogens is 376 g/mol. The van der Waals surface area contributed by atoms with Gasteiger partial charge in [-0.15, -0.1) is 0 Å². The molecule has 0 aliphatic carbocycles. The molecule has 0 aliphatic rings. The number of hydrogen-bond donors (Lipinski definition) is 1. The molecule has 0 fully saturated rings. The number of benzene rings is 2. The zero-order valence-electron chi connectivity index (χ0n) is 15.5. The highest BCUT2D eigenvalue weighted by Gasteiger charge is 2.25. The first-order valence-corrected chi connectivity index (χ1v) is 9.32. The van der Waals surface area contributed by atoms with E-state index in [4.69, 9.17) is 16.3 Å². The highest BCUT2D eigenvalue weighted by Crippen LogP contribution is 2.15. The summed E-state index contributed by atoms with van der Waals surface area (Å²) in [5.41, 5.74) is 2.21. The van der Waals surface area contributed by atoms with Gasteiger partial charge in [-0.1, -0.05) is 72.3 Å². The van der Waals surface area contributed by atoms with Gasteiger partial charge in [0.1, 0.15) is 5.69 Å². The lowest BCUT2D eigenvalue weighted by atomic mass is 10.1. The molecule has 0 saturated heterocycles. The van der Waals surface area contributed by atoms with Crippen LogP contribution in [0.3, 0.4) is 0 Å². The monoisotopic (exact) mass is 396 g/mol. The van der Waals surface area contributed by atoms with Gasteiger partial charge in [0.25, 0.3) is 5.91 Å². The third-order valence-corrected chi connectivity index (χ3v) is 4.46. The molecule has 1 aromatic heterocycles. The van der Waals surface area contributed by atoms with Crippen molar-refractivity contribution in [3.8, 4) is 0 Å². The second-order valence-electron chi connectivity index (χ2n) is 6.44. The maximum Gasteiger partial charge on any atom is 0.355 e. The van der Waals surface area contributed by atoms with Gasteiger partial charge in [-0.05, 0) is 24.1 Å². The molecule has 0 bridgehead atoms. The van der Waals surface area contributed by atoms with Crippen molar-refractivity contribution in [3.05, 3.63) is 94.8 Å². The molecule has 28 heavy (non-hydrogen) atoms. The third-order valence-electron chi connectivity index (χ3n) is 4.24. The first kappa shape index (κ1) is 19.7. The van der Waals surface area contributed by atoms with Crippen molar-refractivity contribution in [3.63, 3.8) is 0 Å². The fourth-order valence-corrected chi connectivity index (χ4v) is 3.00. The number of nitrogens with one attached hydrogen (secondary N) is 1. The number of amides is 1. The Morgan fingerprint density at radius 3 is 2.00 bits per heavy atom. The maximum atomic E-state index is 13.0.